The number of fused-ring (bicyclic) bond motifs is 1. The van der Waals surface area contributed by atoms with E-state index in [0.717, 1.165) is 41.5 Å². The Hall–Kier alpha value is -3.15. The van der Waals surface area contributed by atoms with Crippen LogP contribution in [0.1, 0.15) is 56.1 Å². The third-order valence-electron chi connectivity index (χ3n) is 6.48. The molecule has 0 radical (unpaired) electrons. The van der Waals surface area contributed by atoms with E-state index in [4.69, 9.17) is 4.98 Å². The molecule has 1 aromatic heterocycles. The summed E-state index contributed by atoms with van der Waals surface area (Å²) >= 11 is 0. The molecular weight excluding hydrogens is 400 g/mol. The van der Waals surface area contributed by atoms with Crippen molar-refractivity contribution in [3.05, 3.63) is 65.5 Å². The summed E-state index contributed by atoms with van der Waals surface area (Å²) in [6, 6.07) is 15.7. The number of hydrogen-bond acceptors (Lipinski definition) is 3. The molecule has 3 aromatic rings. The lowest BCUT2D eigenvalue weighted by molar-refractivity contribution is -0.135. The van der Waals surface area contributed by atoms with E-state index in [1.165, 1.54) is 6.42 Å². The lowest BCUT2D eigenvalue weighted by Crippen LogP contribution is -2.44. The largest absolute Gasteiger partial charge is 0.346 e. The second-order valence-electron chi connectivity index (χ2n) is 8.87. The molecule has 2 unspecified atom stereocenters. The summed E-state index contributed by atoms with van der Waals surface area (Å²) in [6.45, 7) is 7.11. The van der Waals surface area contributed by atoms with Crippen molar-refractivity contribution >= 4 is 22.8 Å². The van der Waals surface area contributed by atoms with Crippen LogP contribution >= 0.6 is 0 Å². The maximum Gasteiger partial charge on any atom is 0.242 e. The Kier molecular flexibility index (Phi) is 6.58. The van der Waals surface area contributed by atoms with E-state index < -0.39 is 0 Å². The van der Waals surface area contributed by atoms with Crippen molar-refractivity contribution in [1.82, 2.24) is 19.8 Å². The number of benzene rings is 2. The van der Waals surface area contributed by atoms with Gasteiger partial charge in [-0.3, -0.25) is 9.59 Å². The number of amides is 2. The number of carbonyl (C=O) groups is 2. The number of likely N-dealkylation sites (tertiary alicyclic amines) is 1. The van der Waals surface area contributed by atoms with Gasteiger partial charge in [0.2, 0.25) is 11.8 Å². The van der Waals surface area contributed by atoms with Crippen molar-refractivity contribution in [3.8, 4) is 0 Å². The number of carbonyl (C=O) groups excluding carboxylic acids is 2. The zero-order valence-corrected chi connectivity index (χ0v) is 19.2. The summed E-state index contributed by atoms with van der Waals surface area (Å²) in [5.74, 6) is 0.767. The van der Waals surface area contributed by atoms with Gasteiger partial charge in [0.05, 0.1) is 23.5 Å². The van der Waals surface area contributed by atoms with Gasteiger partial charge in [-0.15, -0.1) is 0 Å². The molecule has 2 atom stereocenters. The van der Waals surface area contributed by atoms with Gasteiger partial charge in [0.25, 0.3) is 0 Å². The molecule has 2 aromatic carbocycles. The second kappa shape index (κ2) is 9.55. The van der Waals surface area contributed by atoms with E-state index >= 15 is 0 Å². The van der Waals surface area contributed by atoms with Crippen molar-refractivity contribution in [1.29, 1.82) is 0 Å². The smallest absolute Gasteiger partial charge is 0.242 e. The average Bonchev–Trinajstić information content (AvgIpc) is 3.14. The number of aromatic nitrogens is 2. The Morgan fingerprint density at radius 1 is 1.12 bits per heavy atom. The molecule has 6 heteroatoms. The SMILES string of the molecule is Cc1ccccc1CC(=O)NC(C)c1nc2ccccc2n1CC(=O)N1CCCCC1C. The average molecular weight is 433 g/mol. The lowest BCUT2D eigenvalue weighted by atomic mass is 10.0. The molecular formula is C26H32N4O2. The number of nitrogens with one attached hydrogen (secondary N) is 1. The van der Waals surface area contributed by atoms with Crippen molar-refractivity contribution in [2.45, 2.75) is 65.1 Å². The van der Waals surface area contributed by atoms with Gasteiger partial charge in [-0.25, -0.2) is 4.98 Å². The molecule has 0 aliphatic carbocycles. The number of hydrogen-bond donors (Lipinski definition) is 1. The minimum atomic E-state index is -0.314. The van der Waals surface area contributed by atoms with Gasteiger partial charge in [0.15, 0.2) is 0 Å². The number of rotatable bonds is 6. The molecule has 2 heterocycles. The van der Waals surface area contributed by atoms with Crippen LogP contribution < -0.4 is 5.32 Å². The highest BCUT2D eigenvalue weighted by Crippen LogP contribution is 2.23. The van der Waals surface area contributed by atoms with Crippen LogP contribution in [0.3, 0.4) is 0 Å². The fourth-order valence-electron chi connectivity index (χ4n) is 4.62. The molecule has 0 bridgehead atoms. The summed E-state index contributed by atoms with van der Waals surface area (Å²) in [4.78, 5) is 32.7. The van der Waals surface area contributed by atoms with Crippen LogP contribution in [0.4, 0.5) is 0 Å². The van der Waals surface area contributed by atoms with Crippen LogP contribution in [0.25, 0.3) is 11.0 Å². The Morgan fingerprint density at radius 3 is 2.66 bits per heavy atom. The van der Waals surface area contributed by atoms with Crippen molar-refractivity contribution < 1.29 is 9.59 Å². The first-order valence-electron chi connectivity index (χ1n) is 11.5. The minimum absolute atomic E-state index is 0.0543. The summed E-state index contributed by atoms with van der Waals surface area (Å²) in [6.07, 6.45) is 3.60. The molecule has 32 heavy (non-hydrogen) atoms. The molecule has 2 amide bonds. The molecule has 1 N–H and O–H groups in total. The van der Waals surface area contributed by atoms with Gasteiger partial charge >= 0.3 is 0 Å². The summed E-state index contributed by atoms with van der Waals surface area (Å²) < 4.78 is 1.97. The van der Waals surface area contributed by atoms with Crippen molar-refractivity contribution in [2.75, 3.05) is 6.54 Å². The maximum absolute atomic E-state index is 13.2. The topological polar surface area (TPSA) is 67.2 Å². The van der Waals surface area contributed by atoms with Crippen LogP contribution in [-0.2, 0) is 22.6 Å². The van der Waals surface area contributed by atoms with Gasteiger partial charge in [-0.2, -0.15) is 0 Å². The van der Waals surface area contributed by atoms with Gasteiger partial charge in [-0.1, -0.05) is 36.4 Å². The van der Waals surface area contributed by atoms with Crippen LogP contribution in [0.2, 0.25) is 0 Å². The van der Waals surface area contributed by atoms with E-state index in [1.54, 1.807) is 0 Å². The Labute approximate surface area is 189 Å². The molecule has 0 saturated carbocycles. The van der Waals surface area contributed by atoms with Gasteiger partial charge in [0, 0.05) is 12.6 Å². The van der Waals surface area contributed by atoms with E-state index in [2.05, 4.69) is 12.2 Å². The van der Waals surface area contributed by atoms with Crippen LogP contribution in [0.15, 0.2) is 48.5 Å². The first kappa shape index (κ1) is 22.1. The number of nitrogens with zero attached hydrogens (tertiary/aromatic N) is 3. The summed E-state index contributed by atoms with van der Waals surface area (Å²) in [5, 5.41) is 3.09. The van der Waals surface area contributed by atoms with Gasteiger partial charge < -0.3 is 14.8 Å². The zero-order chi connectivity index (χ0) is 22.7. The minimum Gasteiger partial charge on any atom is -0.346 e. The third kappa shape index (κ3) is 4.69. The fraction of sp³-hybridized carbons (Fsp3) is 0.423. The summed E-state index contributed by atoms with van der Waals surface area (Å²) in [7, 11) is 0. The molecule has 1 aliphatic heterocycles. The van der Waals surface area contributed by atoms with Crippen LogP contribution in [0, 0.1) is 6.92 Å². The zero-order valence-electron chi connectivity index (χ0n) is 19.2. The number of aryl methyl sites for hydroxylation is 1. The predicted molar refractivity (Wildman–Crippen MR) is 126 cm³/mol. The van der Waals surface area contributed by atoms with Crippen LogP contribution in [-0.4, -0.2) is 38.9 Å². The number of imidazole rings is 1. The van der Waals surface area contributed by atoms with Crippen molar-refractivity contribution in [3.63, 3.8) is 0 Å². The van der Waals surface area contributed by atoms with Gasteiger partial charge in [-0.05, 0) is 63.3 Å². The normalized spacial score (nSPS) is 17.3. The summed E-state index contributed by atoms with van der Waals surface area (Å²) in [5.41, 5.74) is 3.87. The highest BCUT2D eigenvalue weighted by atomic mass is 16.2. The standard InChI is InChI=1S/C26H32N4O2/c1-18-10-4-5-12-21(18)16-24(31)27-20(3)26-28-22-13-6-7-14-23(22)30(26)17-25(32)29-15-9-8-11-19(29)2/h4-7,10,12-14,19-20H,8-9,11,15-17H2,1-3H3,(H,27,31). The monoisotopic (exact) mass is 432 g/mol. The highest BCUT2D eigenvalue weighted by molar-refractivity contribution is 5.82. The Morgan fingerprint density at radius 2 is 1.88 bits per heavy atom. The van der Waals surface area contributed by atoms with E-state index in [-0.39, 0.29) is 30.4 Å². The molecule has 0 spiro atoms. The third-order valence-corrected chi connectivity index (χ3v) is 6.48. The maximum atomic E-state index is 13.2. The number of para-hydroxylation sites is 2. The molecule has 1 fully saturated rings. The molecule has 1 saturated heterocycles. The fourth-order valence-corrected chi connectivity index (χ4v) is 4.62. The first-order chi connectivity index (χ1) is 15.4. The highest BCUT2D eigenvalue weighted by Gasteiger charge is 2.26. The van der Waals surface area contributed by atoms with Crippen LogP contribution in [0.5, 0.6) is 0 Å². The predicted octanol–water partition coefficient (Wildman–Crippen LogP) is 4.17. The van der Waals surface area contributed by atoms with Crippen molar-refractivity contribution in [2.24, 2.45) is 0 Å². The van der Waals surface area contributed by atoms with E-state index in [1.807, 2.05) is 71.8 Å². The Bertz CT molecular complexity index is 1120. The molecule has 4 rings (SSSR count). The molecule has 1 aliphatic rings. The first-order valence-corrected chi connectivity index (χ1v) is 11.5. The van der Waals surface area contributed by atoms with E-state index in [0.29, 0.717) is 12.2 Å². The lowest BCUT2D eigenvalue weighted by Gasteiger charge is -2.33. The number of piperidine rings is 1. The second-order valence-corrected chi connectivity index (χ2v) is 8.87. The quantitative estimate of drug-likeness (QED) is 0.636. The van der Waals surface area contributed by atoms with Gasteiger partial charge in [0.1, 0.15) is 12.4 Å². The van der Waals surface area contributed by atoms with E-state index in [9.17, 15) is 9.59 Å². The Balaban J connectivity index is 1.55. The molecule has 6 nitrogen and oxygen atoms in total. The molecule has 168 valence electrons.